The van der Waals surface area contributed by atoms with Gasteiger partial charge in [0.15, 0.2) is 6.10 Å². The van der Waals surface area contributed by atoms with E-state index in [1.807, 2.05) is 24.3 Å². The average Bonchev–Trinajstić information content (AvgIpc) is 2.45. The summed E-state index contributed by atoms with van der Waals surface area (Å²) in [5.41, 5.74) is 1.82. The van der Waals surface area contributed by atoms with Crippen LogP contribution in [0.1, 0.15) is 33.3 Å². The zero-order valence-corrected chi connectivity index (χ0v) is 15.7. The molecule has 0 radical (unpaired) electrons. The van der Waals surface area contributed by atoms with Gasteiger partial charge in [0.1, 0.15) is 5.75 Å². The third kappa shape index (κ3) is 5.15. The molecule has 1 amide bonds. The molecule has 0 aliphatic rings. The Labute approximate surface area is 152 Å². The maximum absolute atomic E-state index is 12.2. The van der Waals surface area contributed by atoms with Crippen LogP contribution in [0.4, 0.5) is 5.69 Å². The highest BCUT2D eigenvalue weighted by Crippen LogP contribution is 2.25. The van der Waals surface area contributed by atoms with Gasteiger partial charge in [0, 0.05) is 15.7 Å². The van der Waals surface area contributed by atoms with Crippen LogP contribution in [0.2, 0.25) is 10.0 Å². The molecule has 3 nitrogen and oxygen atoms in total. The van der Waals surface area contributed by atoms with E-state index in [0.29, 0.717) is 21.5 Å². The number of ether oxygens (including phenoxy) is 1. The number of nitrogens with one attached hydrogen (secondary N) is 1. The van der Waals surface area contributed by atoms with Crippen molar-refractivity contribution in [2.45, 2.75) is 39.2 Å². The first-order valence-corrected chi connectivity index (χ1v) is 8.45. The van der Waals surface area contributed by atoms with Gasteiger partial charge in [0.05, 0.1) is 0 Å². The van der Waals surface area contributed by atoms with Crippen molar-refractivity contribution in [2.75, 3.05) is 5.32 Å². The molecule has 0 bridgehead atoms. The lowest BCUT2D eigenvalue weighted by Crippen LogP contribution is -2.30. The third-order valence-electron chi connectivity index (χ3n) is 3.53. The fourth-order valence-electron chi connectivity index (χ4n) is 2.16. The van der Waals surface area contributed by atoms with E-state index >= 15 is 0 Å². The van der Waals surface area contributed by atoms with Gasteiger partial charge in [-0.15, -0.1) is 0 Å². The summed E-state index contributed by atoms with van der Waals surface area (Å²) in [4.78, 5) is 12.2. The zero-order valence-electron chi connectivity index (χ0n) is 14.2. The smallest absolute Gasteiger partial charge is 0.265 e. The average molecular weight is 366 g/mol. The van der Waals surface area contributed by atoms with Crippen molar-refractivity contribution in [3.05, 3.63) is 58.1 Å². The molecule has 0 aliphatic carbocycles. The number of rotatable bonds is 4. The third-order valence-corrected chi connectivity index (χ3v) is 3.97. The van der Waals surface area contributed by atoms with Gasteiger partial charge in [-0.05, 0) is 48.2 Å². The number of carbonyl (C=O) groups excluding carboxylic acids is 1. The van der Waals surface area contributed by atoms with E-state index in [4.69, 9.17) is 27.9 Å². The van der Waals surface area contributed by atoms with E-state index in [1.165, 1.54) is 5.56 Å². The molecule has 2 aromatic carbocycles. The Hall–Kier alpha value is -1.71. The van der Waals surface area contributed by atoms with E-state index in [9.17, 15) is 4.79 Å². The molecule has 2 aromatic rings. The molecule has 2 rings (SSSR count). The van der Waals surface area contributed by atoms with E-state index in [1.54, 1.807) is 25.1 Å². The zero-order chi connectivity index (χ0) is 17.9. The normalized spacial score (nSPS) is 12.6. The molecule has 0 aliphatic heterocycles. The van der Waals surface area contributed by atoms with Crippen molar-refractivity contribution in [1.29, 1.82) is 0 Å². The summed E-state index contributed by atoms with van der Waals surface area (Å²) in [6.45, 7) is 8.14. The molecule has 0 unspecified atom stereocenters. The van der Waals surface area contributed by atoms with Gasteiger partial charge >= 0.3 is 0 Å². The van der Waals surface area contributed by atoms with Gasteiger partial charge in [0.2, 0.25) is 0 Å². The van der Waals surface area contributed by atoms with Crippen LogP contribution in [-0.2, 0) is 10.2 Å². The van der Waals surface area contributed by atoms with Crippen LogP contribution >= 0.6 is 23.2 Å². The highest BCUT2D eigenvalue weighted by Gasteiger charge is 2.17. The maximum Gasteiger partial charge on any atom is 0.265 e. The Morgan fingerprint density at radius 2 is 1.58 bits per heavy atom. The lowest BCUT2D eigenvalue weighted by molar-refractivity contribution is -0.122. The molecular weight excluding hydrogens is 345 g/mol. The Kier molecular flexibility index (Phi) is 5.79. The van der Waals surface area contributed by atoms with Crippen molar-refractivity contribution in [3.63, 3.8) is 0 Å². The quantitative estimate of drug-likeness (QED) is 0.754. The second-order valence-electron chi connectivity index (χ2n) is 6.68. The molecule has 1 N–H and O–H groups in total. The molecule has 0 aromatic heterocycles. The molecule has 0 fully saturated rings. The summed E-state index contributed by atoms with van der Waals surface area (Å²) < 4.78 is 5.70. The molecule has 0 saturated heterocycles. The molecular formula is C19H21Cl2NO2. The maximum atomic E-state index is 12.2. The van der Waals surface area contributed by atoms with Gasteiger partial charge in [0.25, 0.3) is 5.91 Å². The van der Waals surface area contributed by atoms with Crippen molar-refractivity contribution in [2.24, 2.45) is 0 Å². The Bertz CT molecular complexity index is 701. The second kappa shape index (κ2) is 7.45. The Morgan fingerprint density at radius 3 is 2.08 bits per heavy atom. The summed E-state index contributed by atoms with van der Waals surface area (Å²) in [7, 11) is 0. The molecule has 0 spiro atoms. The van der Waals surface area contributed by atoms with Crippen LogP contribution in [0.3, 0.4) is 0 Å². The molecule has 0 heterocycles. The number of amides is 1. The van der Waals surface area contributed by atoms with E-state index in [0.717, 1.165) is 0 Å². The topological polar surface area (TPSA) is 38.3 Å². The Morgan fingerprint density at radius 1 is 1.04 bits per heavy atom. The van der Waals surface area contributed by atoms with Crippen LogP contribution in [0, 0.1) is 0 Å². The van der Waals surface area contributed by atoms with Crippen molar-refractivity contribution in [3.8, 4) is 5.75 Å². The largest absolute Gasteiger partial charge is 0.481 e. The predicted octanol–water partition coefficient (Wildman–Crippen LogP) is 5.70. The molecule has 5 heteroatoms. The van der Waals surface area contributed by atoms with Crippen LogP contribution < -0.4 is 10.1 Å². The number of hydrogen-bond acceptors (Lipinski definition) is 2. The summed E-state index contributed by atoms with van der Waals surface area (Å²) in [5, 5.41) is 3.67. The molecule has 24 heavy (non-hydrogen) atoms. The van der Waals surface area contributed by atoms with Crippen LogP contribution in [0.5, 0.6) is 5.75 Å². The summed E-state index contributed by atoms with van der Waals surface area (Å²) in [6.07, 6.45) is -0.650. The number of anilines is 1. The minimum Gasteiger partial charge on any atom is -0.481 e. The fraction of sp³-hybridized carbons (Fsp3) is 0.316. The monoisotopic (exact) mass is 365 g/mol. The van der Waals surface area contributed by atoms with Crippen molar-refractivity contribution < 1.29 is 9.53 Å². The van der Waals surface area contributed by atoms with Crippen molar-refractivity contribution in [1.82, 2.24) is 0 Å². The molecule has 1 atom stereocenters. The van der Waals surface area contributed by atoms with Crippen LogP contribution in [0.25, 0.3) is 0 Å². The minimum absolute atomic E-state index is 0.0768. The molecule has 128 valence electrons. The fourth-order valence-corrected chi connectivity index (χ4v) is 2.69. The minimum atomic E-state index is -0.650. The highest BCUT2D eigenvalue weighted by molar-refractivity contribution is 6.35. The van der Waals surface area contributed by atoms with Crippen LogP contribution in [0.15, 0.2) is 42.5 Å². The van der Waals surface area contributed by atoms with Gasteiger partial charge in [-0.3, -0.25) is 4.79 Å². The number of benzene rings is 2. The standard InChI is InChI=1S/C19H21Cl2NO2/c1-12(18(23)22-16-10-14(20)9-15(21)11-16)24-17-7-5-13(6-8-17)19(2,3)4/h5-12H,1-4H3,(H,22,23)/t12-/m1/s1. The summed E-state index contributed by atoms with van der Waals surface area (Å²) in [6, 6.07) is 12.6. The van der Waals surface area contributed by atoms with E-state index < -0.39 is 6.10 Å². The van der Waals surface area contributed by atoms with Gasteiger partial charge in [-0.1, -0.05) is 56.1 Å². The lowest BCUT2D eigenvalue weighted by atomic mass is 9.87. The van der Waals surface area contributed by atoms with Gasteiger partial charge in [-0.25, -0.2) is 0 Å². The van der Waals surface area contributed by atoms with E-state index in [-0.39, 0.29) is 11.3 Å². The van der Waals surface area contributed by atoms with Crippen molar-refractivity contribution >= 4 is 34.8 Å². The second-order valence-corrected chi connectivity index (χ2v) is 7.55. The predicted molar refractivity (Wildman–Crippen MR) is 100 cm³/mol. The SMILES string of the molecule is C[C@@H](Oc1ccc(C(C)(C)C)cc1)C(=O)Nc1cc(Cl)cc(Cl)c1. The first-order valence-electron chi connectivity index (χ1n) is 7.69. The van der Waals surface area contributed by atoms with Gasteiger partial charge in [-0.2, -0.15) is 0 Å². The number of hydrogen-bond donors (Lipinski definition) is 1. The highest BCUT2D eigenvalue weighted by atomic mass is 35.5. The Balaban J connectivity index is 2.01. The first kappa shape index (κ1) is 18.6. The van der Waals surface area contributed by atoms with Gasteiger partial charge < -0.3 is 10.1 Å². The summed E-state index contributed by atoms with van der Waals surface area (Å²) >= 11 is 11.9. The number of halogens is 2. The summed E-state index contributed by atoms with van der Waals surface area (Å²) in [5.74, 6) is 0.378. The molecule has 0 saturated carbocycles. The van der Waals surface area contributed by atoms with Crippen LogP contribution in [-0.4, -0.2) is 12.0 Å². The number of carbonyl (C=O) groups is 1. The van der Waals surface area contributed by atoms with E-state index in [2.05, 4.69) is 26.1 Å². The first-order chi connectivity index (χ1) is 11.1. The lowest BCUT2D eigenvalue weighted by Gasteiger charge is -2.20.